The first-order chi connectivity index (χ1) is 9.42. The number of ether oxygens (including phenoxy) is 1. The second kappa shape index (κ2) is 5.47. The largest absolute Gasteiger partial charge is 0.467 e. The van der Waals surface area contributed by atoms with Crippen LogP contribution in [-0.2, 0) is 10.0 Å². The molecule has 10 heteroatoms. The maximum absolute atomic E-state index is 12.2. The maximum atomic E-state index is 12.2. The second-order valence-electron chi connectivity index (χ2n) is 3.54. The average Bonchev–Trinajstić information content (AvgIpc) is 2.37. The summed E-state index contributed by atoms with van der Waals surface area (Å²) >= 11 is 5.84. The van der Waals surface area contributed by atoms with Gasteiger partial charge in [-0.15, -0.1) is 0 Å². The molecule has 0 aliphatic rings. The third kappa shape index (κ3) is 3.06. The molecule has 2 aromatic rings. The van der Waals surface area contributed by atoms with Gasteiger partial charge in [0.05, 0.1) is 12.1 Å². The molecule has 20 heavy (non-hydrogen) atoms. The zero-order valence-electron chi connectivity index (χ0n) is 10.2. The Hall–Kier alpha value is -2.13. The van der Waals surface area contributed by atoms with Gasteiger partial charge in [0.1, 0.15) is 4.90 Å². The summed E-state index contributed by atoms with van der Waals surface area (Å²) in [7, 11) is -2.61. The van der Waals surface area contributed by atoms with Crippen LogP contribution in [0.1, 0.15) is 0 Å². The van der Waals surface area contributed by atoms with Crippen LogP contribution < -0.4 is 15.2 Å². The Balaban J connectivity index is 2.38. The van der Waals surface area contributed by atoms with Gasteiger partial charge in [-0.05, 0) is 12.1 Å². The Kier molecular flexibility index (Phi) is 3.91. The summed E-state index contributed by atoms with van der Waals surface area (Å²) in [6.07, 6.45) is 0. The monoisotopic (exact) mass is 315 g/mol. The number of benzene rings is 1. The Morgan fingerprint density at radius 3 is 2.60 bits per heavy atom. The lowest BCUT2D eigenvalue weighted by Crippen LogP contribution is -2.16. The first kappa shape index (κ1) is 14.3. The number of anilines is 2. The number of halogens is 1. The molecule has 1 heterocycles. The lowest BCUT2D eigenvalue weighted by Gasteiger charge is -2.08. The highest BCUT2D eigenvalue weighted by atomic mass is 35.5. The molecule has 1 aromatic carbocycles. The molecule has 0 aliphatic carbocycles. The molecular formula is C10H10ClN5O3S. The Morgan fingerprint density at radius 1 is 1.25 bits per heavy atom. The second-order valence-corrected chi connectivity index (χ2v) is 5.60. The SMILES string of the molecule is COc1nc(N)nc(NS(=O)(=O)c2ccccc2Cl)n1. The van der Waals surface area contributed by atoms with Crippen LogP contribution in [0.15, 0.2) is 29.2 Å². The molecule has 106 valence electrons. The van der Waals surface area contributed by atoms with E-state index in [1.807, 2.05) is 0 Å². The number of nitrogens with zero attached hydrogens (tertiary/aromatic N) is 3. The first-order valence-corrected chi connectivity index (χ1v) is 7.11. The van der Waals surface area contributed by atoms with Gasteiger partial charge in [0, 0.05) is 0 Å². The van der Waals surface area contributed by atoms with Gasteiger partial charge in [-0.1, -0.05) is 23.7 Å². The van der Waals surface area contributed by atoms with Crippen LogP contribution >= 0.6 is 11.6 Å². The number of sulfonamides is 1. The van der Waals surface area contributed by atoms with Crippen LogP contribution in [-0.4, -0.2) is 30.5 Å². The summed E-state index contributed by atoms with van der Waals surface area (Å²) < 4.78 is 31.2. The van der Waals surface area contributed by atoms with E-state index in [9.17, 15) is 8.42 Å². The van der Waals surface area contributed by atoms with Gasteiger partial charge in [-0.2, -0.15) is 15.0 Å². The molecule has 2 rings (SSSR count). The number of aromatic nitrogens is 3. The van der Waals surface area contributed by atoms with E-state index in [4.69, 9.17) is 22.1 Å². The molecule has 0 amide bonds. The van der Waals surface area contributed by atoms with Gasteiger partial charge in [0.2, 0.25) is 11.9 Å². The van der Waals surface area contributed by atoms with E-state index in [0.29, 0.717) is 0 Å². The van der Waals surface area contributed by atoms with Crippen molar-refractivity contribution in [1.29, 1.82) is 0 Å². The van der Waals surface area contributed by atoms with Gasteiger partial charge in [-0.25, -0.2) is 13.1 Å². The van der Waals surface area contributed by atoms with Crippen molar-refractivity contribution in [2.75, 3.05) is 17.6 Å². The van der Waals surface area contributed by atoms with Crippen molar-refractivity contribution >= 4 is 33.5 Å². The van der Waals surface area contributed by atoms with E-state index < -0.39 is 10.0 Å². The highest BCUT2D eigenvalue weighted by Gasteiger charge is 2.19. The van der Waals surface area contributed by atoms with Crippen molar-refractivity contribution in [3.8, 4) is 6.01 Å². The summed E-state index contributed by atoms with van der Waals surface area (Å²) in [6.45, 7) is 0. The fourth-order valence-corrected chi connectivity index (χ4v) is 2.81. The Bertz CT molecular complexity index is 737. The summed E-state index contributed by atoms with van der Waals surface area (Å²) in [5.41, 5.74) is 5.42. The Morgan fingerprint density at radius 2 is 1.95 bits per heavy atom. The van der Waals surface area contributed by atoms with Crippen molar-refractivity contribution < 1.29 is 13.2 Å². The molecule has 0 unspecified atom stereocenters. The van der Waals surface area contributed by atoms with Gasteiger partial charge >= 0.3 is 6.01 Å². The van der Waals surface area contributed by atoms with Crippen molar-refractivity contribution in [2.45, 2.75) is 4.90 Å². The summed E-state index contributed by atoms with van der Waals surface area (Å²) in [6, 6.07) is 5.87. The fourth-order valence-electron chi connectivity index (χ4n) is 1.35. The lowest BCUT2D eigenvalue weighted by molar-refractivity contribution is 0.380. The molecule has 0 radical (unpaired) electrons. The number of nitrogens with two attached hydrogens (primary N) is 1. The molecule has 3 N–H and O–H groups in total. The summed E-state index contributed by atoms with van der Waals surface area (Å²) in [5.74, 6) is -0.428. The van der Waals surface area contributed by atoms with Crippen molar-refractivity contribution in [1.82, 2.24) is 15.0 Å². The molecule has 0 spiro atoms. The molecule has 0 atom stereocenters. The van der Waals surface area contributed by atoms with E-state index in [1.165, 1.54) is 19.2 Å². The molecule has 0 aliphatic heterocycles. The zero-order valence-corrected chi connectivity index (χ0v) is 11.8. The van der Waals surface area contributed by atoms with Crippen LogP contribution in [0.4, 0.5) is 11.9 Å². The van der Waals surface area contributed by atoms with Gasteiger partial charge in [0.15, 0.2) is 0 Å². The minimum Gasteiger partial charge on any atom is -0.467 e. The molecular weight excluding hydrogens is 306 g/mol. The lowest BCUT2D eigenvalue weighted by atomic mass is 10.4. The number of nitrogens with one attached hydrogen (secondary N) is 1. The topological polar surface area (TPSA) is 120 Å². The Labute approximate surface area is 120 Å². The predicted octanol–water partition coefficient (Wildman–Crippen LogP) is 0.917. The van der Waals surface area contributed by atoms with Crippen molar-refractivity contribution in [3.05, 3.63) is 29.3 Å². The van der Waals surface area contributed by atoms with E-state index in [-0.39, 0.29) is 27.8 Å². The van der Waals surface area contributed by atoms with Crippen LogP contribution in [0.25, 0.3) is 0 Å². The number of methoxy groups -OCH3 is 1. The molecule has 0 bridgehead atoms. The highest BCUT2D eigenvalue weighted by Crippen LogP contribution is 2.22. The van der Waals surface area contributed by atoms with Gasteiger partial charge in [0.25, 0.3) is 10.0 Å². The fraction of sp³-hybridized carbons (Fsp3) is 0.100. The average molecular weight is 316 g/mol. The first-order valence-electron chi connectivity index (χ1n) is 5.25. The van der Waals surface area contributed by atoms with Crippen LogP contribution in [0.2, 0.25) is 5.02 Å². The standard InChI is InChI=1S/C10H10ClN5O3S/c1-19-10-14-8(12)13-9(15-10)16-20(17,18)7-5-3-2-4-6(7)11/h2-5H,1H3,(H3,12,13,14,15,16). The van der Waals surface area contributed by atoms with Gasteiger partial charge < -0.3 is 10.5 Å². The molecule has 0 saturated heterocycles. The number of nitrogen functional groups attached to an aromatic ring is 1. The molecule has 8 nitrogen and oxygen atoms in total. The zero-order chi connectivity index (χ0) is 14.8. The quantitative estimate of drug-likeness (QED) is 0.860. The third-order valence-electron chi connectivity index (χ3n) is 2.17. The van der Waals surface area contributed by atoms with Crippen molar-refractivity contribution in [3.63, 3.8) is 0 Å². The molecule has 0 fully saturated rings. The smallest absolute Gasteiger partial charge is 0.322 e. The minimum absolute atomic E-state index is 0.0778. The predicted molar refractivity (Wildman–Crippen MR) is 73.1 cm³/mol. The van der Waals surface area contributed by atoms with Crippen LogP contribution in [0, 0.1) is 0 Å². The summed E-state index contributed by atoms with van der Waals surface area (Å²) in [5, 5.41) is 0.0778. The van der Waals surface area contributed by atoms with E-state index in [0.717, 1.165) is 0 Å². The van der Waals surface area contributed by atoms with Crippen LogP contribution in [0.3, 0.4) is 0 Å². The molecule has 1 aromatic heterocycles. The number of rotatable bonds is 4. The minimum atomic E-state index is -3.93. The van der Waals surface area contributed by atoms with Crippen molar-refractivity contribution in [2.24, 2.45) is 0 Å². The van der Waals surface area contributed by atoms with E-state index >= 15 is 0 Å². The van der Waals surface area contributed by atoms with E-state index in [2.05, 4.69) is 19.7 Å². The number of hydrogen-bond donors (Lipinski definition) is 2. The normalized spacial score (nSPS) is 11.1. The summed E-state index contributed by atoms with van der Waals surface area (Å²) in [4.78, 5) is 10.9. The maximum Gasteiger partial charge on any atom is 0.322 e. The molecule has 0 saturated carbocycles. The van der Waals surface area contributed by atoms with Gasteiger partial charge in [-0.3, -0.25) is 0 Å². The van der Waals surface area contributed by atoms with E-state index in [1.54, 1.807) is 12.1 Å². The highest BCUT2D eigenvalue weighted by molar-refractivity contribution is 7.92. The third-order valence-corrected chi connectivity index (χ3v) is 3.99. The number of hydrogen-bond acceptors (Lipinski definition) is 7. The van der Waals surface area contributed by atoms with Crippen LogP contribution in [0.5, 0.6) is 6.01 Å².